The summed E-state index contributed by atoms with van der Waals surface area (Å²) in [6.07, 6.45) is 11.8. The number of carbonyl (C=O) groups is 1. The first kappa shape index (κ1) is 15.6. The Morgan fingerprint density at radius 1 is 1.15 bits per heavy atom. The average Bonchev–Trinajstić information content (AvgIpc) is 2.95. The van der Waals surface area contributed by atoms with Crippen LogP contribution in [0.2, 0.25) is 0 Å². The fourth-order valence-corrected chi connectivity index (χ4v) is 3.97. The second-order valence-electron chi connectivity index (χ2n) is 6.57. The van der Waals surface area contributed by atoms with Gasteiger partial charge in [-0.3, -0.25) is 4.79 Å². The first-order chi connectivity index (χ1) is 9.76. The molecule has 0 saturated heterocycles. The molecular formula is C17H30N2O. The molecule has 0 unspecified atom stereocenters. The molecule has 3 nitrogen and oxygen atoms in total. The van der Waals surface area contributed by atoms with E-state index in [9.17, 15) is 4.79 Å². The molecule has 0 aromatic rings. The van der Waals surface area contributed by atoms with Crippen LogP contribution in [0, 0.1) is 17.8 Å². The summed E-state index contributed by atoms with van der Waals surface area (Å²) >= 11 is 0. The van der Waals surface area contributed by atoms with E-state index >= 15 is 0 Å². The van der Waals surface area contributed by atoms with Gasteiger partial charge in [0.2, 0.25) is 5.91 Å². The van der Waals surface area contributed by atoms with Gasteiger partial charge in [-0.15, -0.1) is 6.58 Å². The van der Waals surface area contributed by atoms with Crippen molar-refractivity contribution in [1.82, 2.24) is 4.90 Å². The molecule has 0 spiro atoms. The van der Waals surface area contributed by atoms with E-state index in [2.05, 4.69) is 11.5 Å². The van der Waals surface area contributed by atoms with Gasteiger partial charge in [0.15, 0.2) is 0 Å². The van der Waals surface area contributed by atoms with Gasteiger partial charge in [0, 0.05) is 19.0 Å². The first-order valence-electron chi connectivity index (χ1n) is 8.36. The zero-order chi connectivity index (χ0) is 14.4. The van der Waals surface area contributed by atoms with Gasteiger partial charge in [0.25, 0.3) is 0 Å². The van der Waals surface area contributed by atoms with Gasteiger partial charge in [-0.25, -0.2) is 0 Å². The normalized spacial score (nSPS) is 27.4. The minimum Gasteiger partial charge on any atom is -0.338 e. The van der Waals surface area contributed by atoms with E-state index in [4.69, 9.17) is 5.73 Å². The van der Waals surface area contributed by atoms with Crippen molar-refractivity contribution in [1.29, 1.82) is 0 Å². The standard InChI is InChI=1S/C17H30N2O/c1-2-11-19(13-14-7-4-3-5-8-14)17(20)16-10-6-9-15(16)12-18/h2,14-16H,1,3-13,18H2/t15-,16-/m1/s1. The number of nitrogens with two attached hydrogens (primary N) is 1. The van der Waals surface area contributed by atoms with Crippen LogP contribution in [0.15, 0.2) is 12.7 Å². The van der Waals surface area contributed by atoms with Crippen LogP contribution in [0.5, 0.6) is 0 Å². The van der Waals surface area contributed by atoms with Crippen LogP contribution in [0.3, 0.4) is 0 Å². The van der Waals surface area contributed by atoms with Crippen LogP contribution >= 0.6 is 0 Å². The molecule has 2 N–H and O–H groups in total. The van der Waals surface area contributed by atoms with E-state index in [1.165, 1.54) is 32.1 Å². The Morgan fingerprint density at radius 2 is 1.90 bits per heavy atom. The molecule has 2 fully saturated rings. The molecule has 1 amide bonds. The molecule has 2 saturated carbocycles. The van der Waals surface area contributed by atoms with Gasteiger partial charge in [0.1, 0.15) is 0 Å². The highest BCUT2D eigenvalue weighted by atomic mass is 16.2. The summed E-state index contributed by atoms with van der Waals surface area (Å²) in [5.41, 5.74) is 5.83. The molecule has 20 heavy (non-hydrogen) atoms. The fraction of sp³-hybridized carbons (Fsp3) is 0.824. The van der Waals surface area contributed by atoms with E-state index in [-0.39, 0.29) is 5.92 Å². The third-order valence-electron chi connectivity index (χ3n) is 5.14. The molecule has 0 aromatic heterocycles. The van der Waals surface area contributed by atoms with E-state index in [1.54, 1.807) is 0 Å². The second-order valence-corrected chi connectivity index (χ2v) is 6.57. The molecule has 3 heteroatoms. The third-order valence-corrected chi connectivity index (χ3v) is 5.14. The highest BCUT2D eigenvalue weighted by Gasteiger charge is 2.35. The van der Waals surface area contributed by atoms with E-state index in [0.717, 1.165) is 25.8 Å². The molecular weight excluding hydrogens is 248 g/mol. The van der Waals surface area contributed by atoms with Crippen molar-refractivity contribution >= 4 is 5.91 Å². The summed E-state index contributed by atoms with van der Waals surface area (Å²) in [6, 6.07) is 0. The Balaban J connectivity index is 1.95. The SMILES string of the molecule is C=CCN(CC1CCCCC1)C(=O)[C@@H]1CCC[C@@H]1CN. The van der Waals surface area contributed by atoms with Crippen LogP contribution < -0.4 is 5.73 Å². The first-order valence-corrected chi connectivity index (χ1v) is 8.36. The van der Waals surface area contributed by atoms with Gasteiger partial charge < -0.3 is 10.6 Å². The number of hydrogen-bond donors (Lipinski definition) is 1. The van der Waals surface area contributed by atoms with Crippen LogP contribution in [0.25, 0.3) is 0 Å². The zero-order valence-corrected chi connectivity index (χ0v) is 12.7. The number of amides is 1. The van der Waals surface area contributed by atoms with Crippen molar-refractivity contribution in [3.8, 4) is 0 Å². The molecule has 0 aliphatic heterocycles. The minimum absolute atomic E-state index is 0.170. The van der Waals surface area contributed by atoms with E-state index in [0.29, 0.717) is 30.8 Å². The number of rotatable bonds is 6. The predicted octanol–water partition coefficient (Wildman–Crippen LogP) is 2.96. The van der Waals surface area contributed by atoms with Crippen molar-refractivity contribution in [2.75, 3.05) is 19.6 Å². The lowest BCUT2D eigenvalue weighted by molar-refractivity contribution is -0.136. The minimum atomic E-state index is 0.170. The van der Waals surface area contributed by atoms with Crippen LogP contribution in [0.4, 0.5) is 0 Å². The van der Waals surface area contributed by atoms with Crippen molar-refractivity contribution < 1.29 is 4.79 Å². The van der Waals surface area contributed by atoms with Crippen LogP contribution in [-0.2, 0) is 4.79 Å². The maximum Gasteiger partial charge on any atom is 0.226 e. The molecule has 2 atom stereocenters. The molecule has 2 aliphatic carbocycles. The molecule has 0 aromatic carbocycles. The van der Waals surface area contributed by atoms with Gasteiger partial charge in [-0.1, -0.05) is 31.8 Å². The lowest BCUT2D eigenvalue weighted by Crippen LogP contribution is -2.42. The lowest BCUT2D eigenvalue weighted by atomic mass is 9.88. The predicted molar refractivity (Wildman–Crippen MR) is 83.2 cm³/mol. The molecule has 2 rings (SSSR count). The Hall–Kier alpha value is -0.830. The molecule has 0 bridgehead atoms. The maximum atomic E-state index is 12.8. The average molecular weight is 278 g/mol. The Bertz CT molecular complexity index is 323. The van der Waals surface area contributed by atoms with E-state index < -0.39 is 0 Å². The monoisotopic (exact) mass is 278 g/mol. The van der Waals surface area contributed by atoms with E-state index in [1.807, 2.05) is 6.08 Å². The molecule has 0 radical (unpaired) electrons. The van der Waals surface area contributed by atoms with Gasteiger partial charge in [0.05, 0.1) is 0 Å². The lowest BCUT2D eigenvalue weighted by Gasteiger charge is -2.32. The Morgan fingerprint density at radius 3 is 2.55 bits per heavy atom. The van der Waals surface area contributed by atoms with Gasteiger partial charge >= 0.3 is 0 Å². The summed E-state index contributed by atoms with van der Waals surface area (Å²) < 4.78 is 0. The summed E-state index contributed by atoms with van der Waals surface area (Å²) in [7, 11) is 0. The Kier molecular flexibility index (Phi) is 6.08. The number of hydrogen-bond acceptors (Lipinski definition) is 2. The second kappa shape index (κ2) is 7.82. The summed E-state index contributed by atoms with van der Waals surface area (Å²) in [5, 5.41) is 0. The van der Waals surface area contributed by atoms with Gasteiger partial charge in [-0.05, 0) is 44.1 Å². The largest absolute Gasteiger partial charge is 0.338 e. The quantitative estimate of drug-likeness (QED) is 0.759. The highest BCUT2D eigenvalue weighted by Crippen LogP contribution is 2.33. The molecule has 114 valence electrons. The molecule has 2 aliphatic rings. The zero-order valence-electron chi connectivity index (χ0n) is 12.7. The number of nitrogens with zero attached hydrogens (tertiary/aromatic N) is 1. The highest BCUT2D eigenvalue weighted by molar-refractivity contribution is 5.79. The summed E-state index contributed by atoms with van der Waals surface area (Å²) in [6.45, 7) is 6.10. The summed E-state index contributed by atoms with van der Waals surface area (Å²) in [5.74, 6) is 1.61. The van der Waals surface area contributed by atoms with Gasteiger partial charge in [-0.2, -0.15) is 0 Å². The van der Waals surface area contributed by atoms with Crippen molar-refractivity contribution in [3.63, 3.8) is 0 Å². The van der Waals surface area contributed by atoms with Crippen molar-refractivity contribution in [2.45, 2.75) is 51.4 Å². The maximum absolute atomic E-state index is 12.8. The smallest absolute Gasteiger partial charge is 0.226 e. The number of carbonyl (C=O) groups excluding carboxylic acids is 1. The topological polar surface area (TPSA) is 46.3 Å². The van der Waals surface area contributed by atoms with Crippen molar-refractivity contribution in [2.24, 2.45) is 23.5 Å². The third kappa shape index (κ3) is 3.85. The fourth-order valence-electron chi connectivity index (χ4n) is 3.97. The Labute approximate surface area is 123 Å². The summed E-state index contributed by atoms with van der Waals surface area (Å²) in [4.78, 5) is 14.9. The van der Waals surface area contributed by atoms with Crippen LogP contribution in [-0.4, -0.2) is 30.4 Å². The molecule has 0 heterocycles. The van der Waals surface area contributed by atoms with Crippen LogP contribution in [0.1, 0.15) is 51.4 Å². The van der Waals surface area contributed by atoms with Crippen molar-refractivity contribution in [3.05, 3.63) is 12.7 Å².